The van der Waals surface area contributed by atoms with Crippen LogP contribution >= 0.6 is 22.6 Å². The largest absolute Gasteiger partial charge is 0.340 e. The van der Waals surface area contributed by atoms with Crippen LogP contribution in [0.4, 0.5) is 5.69 Å². The summed E-state index contributed by atoms with van der Waals surface area (Å²) in [5, 5.41) is 2.93. The third-order valence-electron chi connectivity index (χ3n) is 3.05. The fourth-order valence-corrected chi connectivity index (χ4v) is 2.35. The summed E-state index contributed by atoms with van der Waals surface area (Å²) >= 11 is 2.25. The second-order valence-corrected chi connectivity index (χ2v) is 5.74. The monoisotopic (exact) mass is 352 g/mol. The Morgan fingerprint density at radius 3 is 2.61 bits per heavy atom. The molecule has 0 spiro atoms. The summed E-state index contributed by atoms with van der Waals surface area (Å²) in [6, 6.07) is 12.1. The average Bonchev–Trinajstić information content (AvgIpc) is 3.09. The Morgan fingerprint density at radius 2 is 1.94 bits per heavy atom. The number of anilines is 1. The molecule has 1 heterocycles. The number of amides is 1. The van der Waals surface area contributed by atoms with Crippen molar-refractivity contribution in [3.63, 3.8) is 0 Å². The minimum absolute atomic E-state index is 0.0342. The van der Waals surface area contributed by atoms with Crippen LogP contribution in [0.5, 0.6) is 0 Å². The van der Waals surface area contributed by atoms with Crippen molar-refractivity contribution in [3.05, 3.63) is 51.9 Å². The van der Waals surface area contributed by atoms with Crippen molar-refractivity contribution in [2.75, 3.05) is 5.32 Å². The van der Waals surface area contributed by atoms with Gasteiger partial charge in [0.05, 0.1) is 0 Å². The Morgan fingerprint density at radius 1 is 1.22 bits per heavy atom. The predicted octanol–water partition coefficient (Wildman–Crippen LogP) is 3.68. The van der Waals surface area contributed by atoms with E-state index in [-0.39, 0.29) is 5.91 Å². The first-order valence-electron chi connectivity index (χ1n) is 5.98. The van der Waals surface area contributed by atoms with Crippen LogP contribution in [0, 0.1) is 3.57 Å². The van der Waals surface area contributed by atoms with Crippen molar-refractivity contribution in [1.82, 2.24) is 4.57 Å². The third kappa shape index (κ3) is 2.43. The first-order valence-corrected chi connectivity index (χ1v) is 7.06. The van der Waals surface area contributed by atoms with E-state index in [0.717, 1.165) is 15.0 Å². The molecule has 1 aliphatic carbocycles. The van der Waals surface area contributed by atoms with E-state index in [0.29, 0.717) is 6.04 Å². The van der Waals surface area contributed by atoms with Crippen LogP contribution in [-0.2, 0) is 0 Å². The molecule has 2 aromatic rings. The number of hydrogen-bond donors (Lipinski definition) is 1. The SMILES string of the molecule is O=C(Nc1ccc(I)cc1)c1cccn1C1CC1. The van der Waals surface area contributed by atoms with Crippen molar-refractivity contribution < 1.29 is 4.79 Å². The van der Waals surface area contributed by atoms with Crippen molar-refractivity contribution in [3.8, 4) is 0 Å². The molecule has 0 bridgehead atoms. The topological polar surface area (TPSA) is 34.0 Å². The van der Waals surface area contributed by atoms with Crippen molar-refractivity contribution in [2.24, 2.45) is 0 Å². The predicted molar refractivity (Wildman–Crippen MR) is 79.8 cm³/mol. The lowest BCUT2D eigenvalue weighted by atomic mass is 10.3. The zero-order valence-electron chi connectivity index (χ0n) is 9.77. The first kappa shape index (κ1) is 11.8. The van der Waals surface area contributed by atoms with Crippen LogP contribution in [0.3, 0.4) is 0 Å². The Bertz CT molecular complexity index is 570. The van der Waals surface area contributed by atoms with E-state index in [4.69, 9.17) is 0 Å². The van der Waals surface area contributed by atoms with Crippen molar-refractivity contribution in [2.45, 2.75) is 18.9 Å². The first-order chi connectivity index (χ1) is 8.74. The molecule has 3 rings (SSSR count). The summed E-state index contributed by atoms with van der Waals surface area (Å²) < 4.78 is 3.23. The Hall–Kier alpha value is -1.30. The Balaban J connectivity index is 1.78. The second kappa shape index (κ2) is 4.76. The molecule has 18 heavy (non-hydrogen) atoms. The number of benzene rings is 1. The molecule has 0 atom stereocenters. The molecule has 1 amide bonds. The van der Waals surface area contributed by atoms with E-state index in [1.807, 2.05) is 42.6 Å². The smallest absolute Gasteiger partial charge is 0.272 e. The molecule has 0 aliphatic heterocycles. The zero-order valence-corrected chi connectivity index (χ0v) is 11.9. The lowest BCUT2D eigenvalue weighted by molar-refractivity contribution is 0.101. The van der Waals surface area contributed by atoms with Crippen LogP contribution in [0.25, 0.3) is 0 Å². The molecule has 0 saturated heterocycles. The average molecular weight is 352 g/mol. The molecule has 0 unspecified atom stereocenters. The molecular formula is C14H13IN2O. The number of aromatic nitrogens is 1. The number of nitrogens with one attached hydrogen (secondary N) is 1. The summed E-state index contributed by atoms with van der Waals surface area (Å²) in [5.41, 5.74) is 1.58. The van der Waals surface area contributed by atoms with Crippen molar-refractivity contribution in [1.29, 1.82) is 0 Å². The van der Waals surface area contributed by atoms with E-state index in [1.54, 1.807) is 0 Å². The van der Waals surface area contributed by atoms with Gasteiger partial charge in [-0.15, -0.1) is 0 Å². The normalized spacial score (nSPS) is 14.5. The maximum atomic E-state index is 12.2. The summed E-state index contributed by atoms with van der Waals surface area (Å²) in [6.07, 6.45) is 4.34. The number of halogens is 1. The third-order valence-corrected chi connectivity index (χ3v) is 3.77. The van der Waals surface area contributed by atoms with Crippen LogP contribution in [0.2, 0.25) is 0 Å². The summed E-state index contributed by atoms with van der Waals surface area (Å²) in [7, 11) is 0. The van der Waals surface area contributed by atoms with Gasteiger partial charge in [-0.2, -0.15) is 0 Å². The molecule has 4 heteroatoms. The zero-order chi connectivity index (χ0) is 12.5. The molecule has 1 fully saturated rings. The minimum Gasteiger partial charge on any atom is -0.340 e. The quantitative estimate of drug-likeness (QED) is 0.841. The van der Waals surface area contributed by atoms with Crippen molar-refractivity contribution >= 4 is 34.2 Å². The van der Waals surface area contributed by atoms with Gasteiger partial charge in [0.2, 0.25) is 0 Å². The number of nitrogens with zero attached hydrogens (tertiary/aromatic N) is 1. The van der Waals surface area contributed by atoms with Gasteiger partial charge in [0.25, 0.3) is 5.91 Å². The fourth-order valence-electron chi connectivity index (χ4n) is 1.99. The van der Waals surface area contributed by atoms with Crippen LogP contribution < -0.4 is 5.32 Å². The van der Waals surface area contributed by atoms with E-state index in [2.05, 4.69) is 32.5 Å². The summed E-state index contributed by atoms with van der Waals surface area (Å²) in [5.74, 6) is -0.0342. The molecule has 0 radical (unpaired) electrons. The molecule has 92 valence electrons. The highest BCUT2D eigenvalue weighted by Crippen LogP contribution is 2.36. The van der Waals surface area contributed by atoms with E-state index < -0.39 is 0 Å². The van der Waals surface area contributed by atoms with Gasteiger partial charge in [0, 0.05) is 21.5 Å². The molecule has 1 aromatic heterocycles. The van der Waals surface area contributed by atoms with Gasteiger partial charge >= 0.3 is 0 Å². The number of carbonyl (C=O) groups excluding carboxylic acids is 1. The van der Waals surface area contributed by atoms with Crippen LogP contribution in [0.15, 0.2) is 42.6 Å². The van der Waals surface area contributed by atoms with Gasteiger partial charge in [-0.25, -0.2) is 0 Å². The highest BCUT2D eigenvalue weighted by atomic mass is 127. The molecule has 1 N–H and O–H groups in total. The van der Waals surface area contributed by atoms with Gasteiger partial charge in [0.1, 0.15) is 5.69 Å². The standard InChI is InChI=1S/C14H13IN2O/c15-10-3-5-11(6-4-10)16-14(18)13-2-1-9-17(13)12-7-8-12/h1-6,9,12H,7-8H2,(H,16,18). The Labute approximate surface area is 119 Å². The lowest BCUT2D eigenvalue weighted by Gasteiger charge is -2.08. The van der Waals surface area contributed by atoms with Gasteiger partial charge in [0.15, 0.2) is 0 Å². The maximum absolute atomic E-state index is 12.2. The maximum Gasteiger partial charge on any atom is 0.272 e. The fraction of sp³-hybridized carbons (Fsp3) is 0.214. The number of rotatable bonds is 3. The summed E-state index contributed by atoms with van der Waals surface area (Å²) in [6.45, 7) is 0. The second-order valence-electron chi connectivity index (χ2n) is 4.49. The molecule has 1 saturated carbocycles. The van der Waals surface area contributed by atoms with Crippen LogP contribution in [-0.4, -0.2) is 10.5 Å². The highest BCUT2D eigenvalue weighted by molar-refractivity contribution is 14.1. The molecule has 1 aromatic carbocycles. The van der Waals surface area contributed by atoms with Crippen LogP contribution in [0.1, 0.15) is 29.4 Å². The van der Waals surface area contributed by atoms with Gasteiger partial charge in [-0.1, -0.05) is 0 Å². The van der Waals surface area contributed by atoms with E-state index in [1.165, 1.54) is 12.8 Å². The lowest BCUT2D eigenvalue weighted by Crippen LogP contribution is -2.16. The van der Waals surface area contributed by atoms with Gasteiger partial charge in [-0.3, -0.25) is 4.79 Å². The number of carbonyl (C=O) groups is 1. The van der Waals surface area contributed by atoms with Gasteiger partial charge in [-0.05, 0) is 71.8 Å². The minimum atomic E-state index is -0.0342. The summed E-state index contributed by atoms with van der Waals surface area (Å²) in [4.78, 5) is 12.2. The molecule has 1 aliphatic rings. The molecule has 3 nitrogen and oxygen atoms in total. The molecular weight excluding hydrogens is 339 g/mol. The Kier molecular flexibility index (Phi) is 3.11. The number of hydrogen-bond acceptors (Lipinski definition) is 1. The van der Waals surface area contributed by atoms with E-state index in [9.17, 15) is 4.79 Å². The highest BCUT2D eigenvalue weighted by Gasteiger charge is 2.26. The van der Waals surface area contributed by atoms with Gasteiger partial charge < -0.3 is 9.88 Å². The van der Waals surface area contributed by atoms with E-state index >= 15 is 0 Å².